The van der Waals surface area contributed by atoms with Crippen molar-refractivity contribution in [2.75, 3.05) is 6.61 Å². The van der Waals surface area contributed by atoms with Gasteiger partial charge in [0.15, 0.2) is 5.82 Å². The number of benzene rings is 2. The summed E-state index contributed by atoms with van der Waals surface area (Å²) < 4.78 is 7.42. The quantitative estimate of drug-likeness (QED) is 0.479. The van der Waals surface area contributed by atoms with Crippen molar-refractivity contribution in [2.45, 2.75) is 6.92 Å². The molecule has 25 heavy (non-hydrogen) atoms. The summed E-state index contributed by atoms with van der Waals surface area (Å²) in [6.07, 6.45) is 1.59. The average molecular weight is 393 g/mol. The van der Waals surface area contributed by atoms with E-state index in [0.29, 0.717) is 32.8 Å². The number of rotatable bonds is 5. The molecular weight excluding hydrogens is 379 g/mol. The van der Waals surface area contributed by atoms with Gasteiger partial charge in [-0.15, -0.1) is 0 Å². The van der Waals surface area contributed by atoms with E-state index in [2.05, 4.69) is 15.3 Å². The van der Waals surface area contributed by atoms with Crippen molar-refractivity contribution in [3.8, 4) is 17.1 Å². The van der Waals surface area contributed by atoms with Crippen LogP contribution >= 0.6 is 35.4 Å². The normalized spacial score (nSPS) is 11.2. The molecule has 0 aliphatic rings. The van der Waals surface area contributed by atoms with Crippen LogP contribution in [0.15, 0.2) is 47.6 Å². The van der Waals surface area contributed by atoms with Gasteiger partial charge in [0.2, 0.25) is 4.77 Å². The predicted octanol–water partition coefficient (Wildman–Crippen LogP) is 5.20. The van der Waals surface area contributed by atoms with Gasteiger partial charge in [0.25, 0.3) is 0 Å². The minimum Gasteiger partial charge on any atom is -0.494 e. The summed E-state index contributed by atoms with van der Waals surface area (Å²) in [7, 11) is 0. The first-order chi connectivity index (χ1) is 12.1. The zero-order valence-electron chi connectivity index (χ0n) is 13.2. The number of nitrogens with zero attached hydrogens (tertiary/aromatic N) is 3. The van der Waals surface area contributed by atoms with Crippen LogP contribution in [-0.4, -0.2) is 27.7 Å². The molecule has 1 N–H and O–H groups in total. The lowest BCUT2D eigenvalue weighted by atomic mass is 10.2. The van der Waals surface area contributed by atoms with Crippen LogP contribution in [0.5, 0.6) is 5.75 Å². The molecule has 3 rings (SSSR count). The van der Waals surface area contributed by atoms with Gasteiger partial charge in [-0.3, -0.25) is 0 Å². The fourth-order valence-corrected chi connectivity index (χ4v) is 2.75. The molecule has 0 saturated carbocycles. The second kappa shape index (κ2) is 7.82. The fraction of sp³-hybridized carbons (Fsp3) is 0.118. The predicted molar refractivity (Wildman–Crippen MR) is 103 cm³/mol. The van der Waals surface area contributed by atoms with Gasteiger partial charge in [0.05, 0.1) is 22.9 Å². The van der Waals surface area contributed by atoms with Gasteiger partial charge in [0.1, 0.15) is 5.75 Å². The van der Waals surface area contributed by atoms with Crippen LogP contribution in [0.3, 0.4) is 0 Å². The molecule has 0 bridgehead atoms. The standard InChI is InChI=1S/C17H14Cl2N4OS/c1-2-24-13-7-3-5-11(9-13)16-21-22-17(25)23(16)20-10-12-6-4-8-14(18)15(12)19/h3-10H,2H2,1H3,(H,22,25)/b20-10-. The van der Waals surface area contributed by atoms with Crippen molar-refractivity contribution in [1.29, 1.82) is 0 Å². The van der Waals surface area contributed by atoms with Crippen LogP contribution in [0, 0.1) is 4.77 Å². The summed E-state index contributed by atoms with van der Waals surface area (Å²) in [6.45, 7) is 2.52. The monoisotopic (exact) mass is 392 g/mol. The Hall–Kier alpha value is -2.15. The van der Waals surface area contributed by atoms with Crippen molar-refractivity contribution in [3.05, 3.63) is 62.8 Å². The number of hydrogen-bond acceptors (Lipinski definition) is 4. The van der Waals surface area contributed by atoms with Gasteiger partial charge in [-0.05, 0) is 37.3 Å². The number of nitrogens with one attached hydrogen (secondary N) is 1. The van der Waals surface area contributed by atoms with Gasteiger partial charge in [-0.25, -0.2) is 5.10 Å². The first kappa shape index (κ1) is 17.7. The molecule has 0 atom stereocenters. The maximum Gasteiger partial charge on any atom is 0.216 e. The van der Waals surface area contributed by atoms with E-state index in [4.69, 9.17) is 40.2 Å². The van der Waals surface area contributed by atoms with Crippen molar-refractivity contribution < 1.29 is 4.74 Å². The van der Waals surface area contributed by atoms with Crippen LogP contribution in [0.4, 0.5) is 0 Å². The Morgan fingerprint density at radius 3 is 2.88 bits per heavy atom. The molecule has 0 saturated heterocycles. The van der Waals surface area contributed by atoms with Crippen molar-refractivity contribution >= 4 is 41.6 Å². The Labute approximate surface area is 159 Å². The molecule has 0 radical (unpaired) electrons. The SMILES string of the molecule is CCOc1cccc(-c2n[nH]c(=S)n2/N=C\c2cccc(Cl)c2Cl)c1. The molecule has 0 fully saturated rings. The topological polar surface area (TPSA) is 55.2 Å². The first-order valence-corrected chi connectivity index (χ1v) is 8.65. The zero-order chi connectivity index (χ0) is 17.8. The highest BCUT2D eigenvalue weighted by Crippen LogP contribution is 2.25. The molecular formula is C17H14Cl2N4OS. The minimum atomic E-state index is 0.367. The van der Waals surface area contributed by atoms with E-state index in [1.165, 1.54) is 4.68 Å². The molecule has 0 amide bonds. The van der Waals surface area contributed by atoms with E-state index in [1.807, 2.05) is 37.3 Å². The molecule has 3 aromatic rings. The lowest BCUT2D eigenvalue weighted by molar-refractivity contribution is 0.340. The second-order valence-corrected chi connectivity index (χ2v) is 6.18. The number of aromatic nitrogens is 3. The molecule has 2 aromatic carbocycles. The molecule has 1 aromatic heterocycles. The average Bonchev–Trinajstić information content (AvgIpc) is 2.98. The third-order valence-corrected chi connectivity index (χ3v) is 4.45. The fourth-order valence-electron chi connectivity index (χ4n) is 2.22. The molecule has 0 unspecified atom stereocenters. The summed E-state index contributed by atoms with van der Waals surface area (Å²) in [4.78, 5) is 0. The molecule has 0 spiro atoms. The Bertz CT molecular complexity index is 981. The van der Waals surface area contributed by atoms with E-state index in [0.717, 1.165) is 11.3 Å². The molecule has 0 aliphatic carbocycles. The molecule has 8 heteroatoms. The number of ether oxygens (including phenoxy) is 1. The largest absolute Gasteiger partial charge is 0.494 e. The summed E-state index contributed by atoms with van der Waals surface area (Å²) in [5, 5.41) is 12.3. The Kier molecular flexibility index (Phi) is 5.53. The number of aromatic amines is 1. The summed E-state index contributed by atoms with van der Waals surface area (Å²) in [5.74, 6) is 1.32. The third-order valence-electron chi connectivity index (χ3n) is 3.35. The molecule has 0 aliphatic heterocycles. The summed E-state index contributed by atoms with van der Waals surface area (Å²) >= 11 is 17.5. The number of halogens is 2. The van der Waals surface area contributed by atoms with E-state index in [1.54, 1.807) is 18.3 Å². The maximum absolute atomic E-state index is 6.19. The Balaban J connectivity index is 2.00. The van der Waals surface area contributed by atoms with E-state index in [-0.39, 0.29) is 0 Å². The zero-order valence-corrected chi connectivity index (χ0v) is 15.6. The molecule has 1 heterocycles. The highest BCUT2D eigenvalue weighted by Gasteiger charge is 2.09. The summed E-state index contributed by atoms with van der Waals surface area (Å²) in [6, 6.07) is 12.9. The first-order valence-electron chi connectivity index (χ1n) is 7.49. The van der Waals surface area contributed by atoms with Gasteiger partial charge in [-0.2, -0.15) is 14.9 Å². The van der Waals surface area contributed by atoms with Crippen molar-refractivity contribution in [3.63, 3.8) is 0 Å². The second-order valence-electron chi connectivity index (χ2n) is 5.01. The maximum atomic E-state index is 6.19. The van der Waals surface area contributed by atoms with Gasteiger partial charge in [0, 0.05) is 11.1 Å². The van der Waals surface area contributed by atoms with Gasteiger partial charge in [-0.1, -0.05) is 47.5 Å². The smallest absolute Gasteiger partial charge is 0.216 e. The van der Waals surface area contributed by atoms with E-state index < -0.39 is 0 Å². The Morgan fingerprint density at radius 2 is 2.08 bits per heavy atom. The molecule has 128 valence electrons. The van der Waals surface area contributed by atoms with Crippen LogP contribution in [0.25, 0.3) is 11.4 Å². The lowest BCUT2D eigenvalue weighted by Gasteiger charge is -2.05. The number of H-pyrrole nitrogens is 1. The van der Waals surface area contributed by atoms with Crippen LogP contribution in [-0.2, 0) is 0 Å². The number of hydrogen-bond donors (Lipinski definition) is 1. The van der Waals surface area contributed by atoms with E-state index in [9.17, 15) is 0 Å². The highest BCUT2D eigenvalue weighted by atomic mass is 35.5. The van der Waals surface area contributed by atoms with Gasteiger partial charge < -0.3 is 4.74 Å². The van der Waals surface area contributed by atoms with Crippen LogP contribution in [0.2, 0.25) is 10.0 Å². The summed E-state index contributed by atoms with van der Waals surface area (Å²) in [5.41, 5.74) is 1.51. The van der Waals surface area contributed by atoms with Crippen molar-refractivity contribution in [1.82, 2.24) is 14.9 Å². The third kappa shape index (κ3) is 3.92. The van der Waals surface area contributed by atoms with Crippen LogP contribution < -0.4 is 4.74 Å². The Morgan fingerprint density at radius 1 is 1.28 bits per heavy atom. The lowest BCUT2D eigenvalue weighted by Crippen LogP contribution is -1.96. The van der Waals surface area contributed by atoms with E-state index >= 15 is 0 Å². The molecule has 5 nitrogen and oxygen atoms in total. The van der Waals surface area contributed by atoms with Gasteiger partial charge >= 0.3 is 0 Å². The minimum absolute atomic E-state index is 0.367. The highest BCUT2D eigenvalue weighted by molar-refractivity contribution is 7.71. The van der Waals surface area contributed by atoms with Crippen LogP contribution in [0.1, 0.15) is 12.5 Å². The van der Waals surface area contributed by atoms with Crippen molar-refractivity contribution in [2.24, 2.45) is 5.10 Å².